The number of hydrogen-bond acceptors (Lipinski definition) is 7. The lowest BCUT2D eigenvalue weighted by molar-refractivity contribution is -0.122. The normalized spacial score (nSPS) is 28.3. The maximum atomic E-state index is 11.3. The van der Waals surface area contributed by atoms with E-state index in [1.165, 1.54) is 0 Å². The van der Waals surface area contributed by atoms with Crippen LogP contribution in [-0.2, 0) is 9.53 Å². The van der Waals surface area contributed by atoms with Gasteiger partial charge in [0.25, 0.3) is 0 Å². The number of hydrogen-bond donors (Lipinski definition) is 4. The molecule has 1 saturated heterocycles. The van der Waals surface area contributed by atoms with Crippen LogP contribution < -0.4 is 22.1 Å². The first-order valence-corrected chi connectivity index (χ1v) is 9.41. The fraction of sp³-hybridized carbons (Fsp3) is 0.722. The van der Waals surface area contributed by atoms with Crippen LogP contribution in [0, 0.1) is 5.92 Å². The van der Waals surface area contributed by atoms with E-state index in [0.29, 0.717) is 17.5 Å². The summed E-state index contributed by atoms with van der Waals surface area (Å²) in [6.07, 6.45) is 6.84. The van der Waals surface area contributed by atoms with E-state index >= 15 is 0 Å². The van der Waals surface area contributed by atoms with Crippen LogP contribution in [0.15, 0.2) is 6.20 Å². The Labute approximate surface area is 154 Å². The van der Waals surface area contributed by atoms with E-state index in [-0.39, 0.29) is 29.5 Å². The van der Waals surface area contributed by atoms with Crippen LogP contribution in [0.25, 0.3) is 0 Å². The third-order valence-electron chi connectivity index (χ3n) is 5.32. The van der Waals surface area contributed by atoms with E-state index in [1.807, 2.05) is 0 Å². The van der Waals surface area contributed by atoms with Crippen molar-refractivity contribution in [3.05, 3.63) is 6.20 Å². The molecular weight excluding hydrogens is 332 g/mol. The van der Waals surface area contributed by atoms with Crippen molar-refractivity contribution in [2.24, 2.45) is 11.7 Å². The number of nitrogens with two attached hydrogens (primary N) is 2. The molecule has 0 bridgehead atoms. The van der Waals surface area contributed by atoms with E-state index in [1.54, 1.807) is 6.20 Å². The fourth-order valence-electron chi connectivity index (χ4n) is 3.83. The van der Waals surface area contributed by atoms with Gasteiger partial charge in [-0.25, -0.2) is 4.98 Å². The molecule has 1 aliphatic carbocycles. The molecule has 1 saturated carbocycles. The first kappa shape index (κ1) is 18.7. The van der Waals surface area contributed by atoms with Crippen LogP contribution >= 0.6 is 0 Å². The molecular formula is C18H30N6O2. The number of ether oxygens (including phenoxy) is 1. The summed E-state index contributed by atoms with van der Waals surface area (Å²) in [4.78, 5) is 20.2. The van der Waals surface area contributed by atoms with Crippen molar-refractivity contribution in [2.75, 3.05) is 23.0 Å². The van der Waals surface area contributed by atoms with Crippen molar-refractivity contribution >= 4 is 23.4 Å². The number of nitrogens with zero attached hydrogens (tertiary/aromatic N) is 2. The molecule has 2 fully saturated rings. The van der Waals surface area contributed by atoms with Gasteiger partial charge < -0.3 is 26.8 Å². The summed E-state index contributed by atoms with van der Waals surface area (Å²) in [5, 5.41) is 6.81. The summed E-state index contributed by atoms with van der Waals surface area (Å²) in [6, 6.07) is 0.527. The topological polar surface area (TPSA) is 128 Å². The van der Waals surface area contributed by atoms with Crippen molar-refractivity contribution in [3.63, 3.8) is 0 Å². The lowest BCUT2D eigenvalue weighted by atomic mass is 9.85. The average Bonchev–Trinajstić information content (AvgIpc) is 2.57. The molecule has 8 heteroatoms. The Hall–Kier alpha value is -2.09. The summed E-state index contributed by atoms with van der Waals surface area (Å²) in [5.74, 6) is 1.02. The first-order valence-electron chi connectivity index (χ1n) is 9.41. The number of nitrogens with one attached hydrogen (secondary N) is 2. The zero-order valence-electron chi connectivity index (χ0n) is 15.6. The minimum absolute atomic E-state index is 0.00935. The molecule has 1 aromatic heterocycles. The van der Waals surface area contributed by atoms with Gasteiger partial charge in [-0.3, -0.25) is 4.79 Å². The Bertz CT molecular complexity index is 643. The fourth-order valence-corrected chi connectivity index (χ4v) is 3.83. The van der Waals surface area contributed by atoms with Gasteiger partial charge in [0, 0.05) is 24.6 Å². The smallest absolute Gasteiger partial charge is 0.224 e. The van der Waals surface area contributed by atoms with Gasteiger partial charge in [-0.15, -0.1) is 0 Å². The Kier molecular flexibility index (Phi) is 5.50. The highest BCUT2D eigenvalue weighted by Gasteiger charge is 2.29. The molecule has 144 valence electrons. The Morgan fingerprint density at radius 2 is 1.92 bits per heavy atom. The van der Waals surface area contributed by atoms with E-state index < -0.39 is 0 Å². The number of carbonyl (C=O) groups excluding carboxylic acids is 1. The number of anilines is 3. The lowest BCUT2D eigenvalue weighted by Crippen LogP contribution is -2.40. The Morgan fingerprint density at radius 3 is 2.58 bits per heavy atom. The van der Waals surface area contributed by atoms with Crippen LogP contribution in [0.4, 0.5) is 17.5 Å². The molecule has 3 rings (SSSR count). The number of rotatable bonds is 5. The first-order chi connectivity index (χ1) is 12.3. The number of aromatic nitrogens is 2. The highest BCUT2D eigenvalue weighted by atomic mass is 16.5. The summed E-state index contributed by atoms with van der Waals surface area (Å²) in [5.41, 5.74) is 11.8. The summed E-state index contributed by atoms with van der Waals surface area (Å²) < 4.78 is 5.76. The van der Waals surface area contributed by atoms with Gasteiger partial charge in [-0.05, 0) is 52.4 Å². The zero-order valence-corrected chi connectivity index (χ0v) is 15.6. The van der Waals surface area contributed by atoms with E-state index in [4.69, 9.17) is 16.2 Å². The molecule has 2 aliphatic rings. The second-order valence-corrected chi connectivity index (χ2v) is 8.04. The van der Waals surface area contributed by atoms with Gasteiger partial charge in [-0.1, -0.05) is 0 Å². The summed E-state index contributed by atoms with van der Waals surface area (Å²) in [7, 11) is 0. The molecule has 1 aromatic rings. The summed E-state index contributed by atoms with van der Waals surface area (Å²) >= 11 is 0. The van der Waals surface area contributed by atoms with Crippen LogP contribution in [0.1, 0.15) is 52.4 Å². The van der Waals surface area contributed by atoms with Crippen LogP contribution in [0.3, 0.4) is 0 Å². The van der Waals surface area contributed by atoms with E-state index in [9.17, 15) is 4.79 Å². The Balaban J connectivity index is 1.60. The average molecular weight is 362 g/mol. The van der Waals surface area contributed by atoms with Crippen molar-refractivity contribution in [3.8, 4) is 0 Å². The highest BCUT2D eigenvalue weighted by Crippen LogP contribution is 2.29. The molecule has 0 spiro atoms. The molecule has 0 unspecified atom stereocenters. The van der Waals surface area contributed by atoms with Crippen molar-refractivity contribution in [1.82, 2.24) is 9.97 Å². The molecule has 6 N–H and O–H groups in total. The monoisotopic (exact) mass is 362 g/mol. The molecule has 8 nitrogen and oxygen atoms in total. The van der Waals surface area contributed by atoms with Crippen LogP contribution in [-0.4, -0.2) is 40.2 Å². The minimum atomic E-state index is -0.198. The second kappa shape index (κ2) is 7.65. The molecule has 2 heterocycles. The molecule has 0 radical (unpaired) electrons. The lowest BCUT2D eigenvalue weighted by Gasteiger charge is -2.35. The third-order valence-corrected chi connectivity index (χ3v) is 5.32. The van der Waals surface area contributed by atoms with Gasteiger partial charge in [0.1, 0.15) is 0 Å². The summed E-state index contributed by atoms with van der Waals surface area (Å²) in [6.45, 7) is 4.92. The molecule has 0 aromatic carbocycles. The quantitative estimate of drug-likeness (QED) is 0.629. The SMILES string of the molecule is CC1(C)C[C@@H](Nc2ncc(N)c(NC3CCC(C(N)=O)CC3)n2)CCO1. The standard InChI is InChI=1S/C18H30N6O2/c1-18(2)9-13(7-8-26-18)23-17-21-10-14(19)16(24-17)22-12-5-3-11(4-6-12)15(20)25/h10-13H,3-9,19H2,1-2H3,(H2,20,25)(H2,21,22,23,24)/t11?,12?,13-/m0/s1. The number of nitrogen functional groups attached to an aromatic ring is 1. The van der Waals surface area contributed by atoms with Crippen molar-refractivity contribution in [2.45, 2.75) is 70.1 Å². The van der Waals surface area contributed by atoms with Gasteiger partial charge in [0.2, 0.25) is 11.9 Å². The number of amides is 1. The molecule has 1 amide bonds. The van der Waals surface area contributed by atoms with Crippen LogP contribution in [0.2, 0.25) is 0 Å². The molecule has 1 aliphatic heterocycles. The predicted molar refractivity (Wildman–Crippen MR) is 102 cm³/mol. The van der Waals surface area contributed by atoms with Gasteiger partial charge >= 0.3 is 0 Å². The predicted octanol–water partition coefficient (Wildman–Crippen LogP) is 1.88. The maximum Gasteiger partial charge on any atom is 0.224 e. The van der Waals surface area contributed by atoms with Gasteiger partial charge in [0.05, 0.1) is 17.5 Å². The van der Waals surface area contributed by atoms with Gasteiger partial charge in [-0.2, -0.15) is 4.98 Å². The van der Waals surface area contributed by atoms with E-state index in [2.05, 4.69) is 34.4 Å². The van der Waals surface area contributed by atoms with E-state index in [0.717, 1.165) is 45.1 Å². The van der Waals surface area contributed by atoms with Crippen molar-refractivity contribution in [1.29, 1.82) is 0 Å². The largest absolute Gasteiger partial charge is 0.394 e. The minimum Gasteiger partial charge on any atom is -0.394 e. The zero-order chi connectivity index (χ0) is 18.7. The molecule has 1 atom stereocenters. The second-order valence-electron chi connectivity index (χ2n) is 8.04. The van der Waals surface area contributed by atoms with Gasteiger partial charge in [0.15, 0.2) is 5.82 Å². The maximum absolute atomic E-state index is 11.3. The Morgan fingerprint density at radius 1 is 1.19 bits per heavy atom. The molecule has 26 heavy (non-hydrogen) atoms. The van der Waals surface area contributed by atoms with Crippen LogP contribution in [0.5, 0.6) is 0 Å². The number of primary amides is 1. The number of carbonyl (C=O) groups is 1. The highest BCUT2D eigenvalue weighted by molar-refractivity contribution is 5.76. The van der Waals surface area contributed by atoms with Crippen molar-refractivity contribution < 1.29 is 9.53 Å². The third kappa shape index (κ3) is 4.75.